The van der Waals surface area contributed by atoms with Gasteiger partial charge in [-0.15, -0.1) is 0 Å². The van der Waals surface area contributed by atoms with E-state index in [1.807, 2.05) is 16.8 Å². The lowest BCUT2D eigenvalue weighted by Crippen LogP contribution is -2.32. The molecule has 27 heavy (non-hydrogen) atoms. The highest BCUT2D eigenvalue weighted by atomic mass is 35.5. The summed E-state index contributed by atoms with van der Waals surface area (Å²) in [6.07, 6.45) is 7.35. The largest absolute Gasteiger partial charge is 0.336 e. The predicted octanol–water partition coefficient (Wildman–Crippen LogP) is 3.69. The molecule has 2 heterocycles. The van der Waals surface area contributed by atoms with Gasteiger partial charge < -0.3 is 10.6 Å². The quantitative estimate of drug-likeness (QED) is 0.680. The first-order valence-electron chi connectivity index (χ1n) is 8.84. The van der Waals surface area contributed by atoms with E-state index in [1.54, 1.807) is 30.7 Å². The Balaban J connectivity index is 1.39. The van der Waals surface area contributed by atoms with Crippen LogP contribution in [0, 0.1) is 0 Å². The lowest BCUT2D eigenvalue weighted by molar-refractivity contribution is 0.251. The number of carbonyl (C=O) groups excluding carboxylic acids is 1. The fourth-order valence-electron chi connectivity index (χ4n) is 2.88. The molecule has 0 bridgehead atoms. The molecule has 8 heteroatoms. The van der Waals surface area contributed by atoms with Gasteiger partial charge in [-0.2, -0.15) is 5.10 Å². The molecule has 1 saturated carbocycles. The zero-order valence-corrected chi connectivity index (χ0v) is 15.4. The molecule has 1 aliphatic rings. The Morgan fingerprint density at radius 2 is 2.07 bits per heavy atom. The Hall–Kier alpha value is -2.93. The van der Waals surface area contributed by atoms with E-state index >= 15 is 0 Å². The van der Waals surface area contributed by atoms with Crippen molar-refractivity contribution in [3.05, 3.63) is 59.6 Å². The number of anilines is 1. The van der Waals surface area contributed by atoms with E-state index in [2.05, 4.69) is 31.8 Å². The minimum atomic E-state index is -0.294. The summed E-state index contributed by atoms with van der Waals surface area (Å²) in [7, 11) is 0. The van der Waals surface area contributed by atoms with Crippen molar-refractivity contribution in [2.24, 2.45) is 0 Å². The highest BCUT2D eigenvalue weighted by molar-refractivity contribution is 6.33. The van der Waals surface area contributed by atoms with Gasteiger partial charge in [0.2, 0.25) is 0 Å². The first-order valence-corrected chi connectivity index (χ1v) is 9.22. The number of nitrogens with zero attached hydrogens (tertiary/aromatic N) is 4. The summed E-state index contributed by atoms with van der Waals surface area (Å²) < 4.78 is 1.96. The van der Waals surface area contributed by atoms with Gasteiger partial charge in [-0.25, -0.2) is 4.79 Å². The smallest absolute Gasteiger partial charge is 0.319 e. The van der Waals surface area contributed by atoms with E-state index in [4.69, 9.17) is 11.6 Å². The van der Waals surface area contributed by atoms with E-state index in [1.165, 1.54) is 18.5 Å². The van der Waals surface area contributed by atoms with Crippen LogP contribution in [0.25, 0.3) is 11.4 Å². The van der Waals surface area contributed by atoms with E-state index in [-0.39, 0.29) is 6.03 Å². The first kappa shape index (κ1) is 17.5. The lowest BCUT2D eigenvalue weighted by Gasteiger charge is -2.10. The number of benzene rings is 1. The summed E-state index contributed by atoms with van der Waals surface area (Å²) in [5, 5.41) is 10.8. The number of nitrogens with one attached hydrogen (secondary N) is 2. The first-order chi connectivity index (χ1) is 13.2. The monoisotopic (exact) mass is 382 g/mol. The summed E-state index contributed by atoms with van der Waals surface area (Å²) in [6, 6.07) is 8.91. The molecule has 2 amide bonds. The molecule has 1 fully saturated rings. The molecule has 2 N–H and O–H groups in total. The number of hydrogen-bond acceptors (Lipinski definition) is 4. The number of halogens is 1. The van der Waals surface area contributed by atoms with E-state index < -0.39 is 0 Å². The number of para-hydroxylation sites is 1. The van der Waals surface area contributed by atoms with Gasteiger partial charge in [0.15, 0.2) is 0 Å². The molecule has 4 rings (SSSR count). The van der Waals surface area contributed by atoms with Crippen LogP contribution in [0.5, 0.6) is 0 Å². The molecule has 7 nitrogen and oxygen atoms in total. The van der Waals surface area contributed by atoms with Crippen LogP contribution >= 0.6 is 11.6 Å². The van der Waals surface area contributed by atoms with Crippen molar-refractivity contribution >= 4 is 23.3 Å². The molecule has 0 aliphatic heterocycles. The zero-order valence-electron chi connectivity index (χ0n) is 14.6. The van der Waals surface area contributed by atoms with Crippen molar-refractivity contribution < 1.29 is 4.79 Å². The molecule has 1 aromatic carbocycles. The van der Waals surface area contributed by atoms with Crippen molar-refractivity contribution in [2.45, 2.75) is 25.3 Å². The topological polar surface area (TPSA) is 84.7 Å². The second-order valence-electron chi connectivity index (χ2n) is 6.40. The zero-order chi connectivity index (χ0) is 18.6. The summed E-state index contributed by atoms with van der Waals surface area (Å²) >= 11 is 6.05. The normalized spacial score (nSPS) is 13.4. The van der Waals surface area contributed by atoms with Crippen LogP contribution in [0.3, 0.4) is 0 Å². The van der Waals surface area contributed by atoms with Gasteiger partial charge in [0.1, 0.15) is 11.4 Å². The Morgan fingerprint density at radius 3 is 2.81 bits per heavy atom. The SMILES string of the molecule is O=C(NCCn1nc(-c2cnccn2)cc1C1CC1)Nc1ccccc1Cl. The molecule has 0 saturated heterocycles. The van der Waals surface area contributed by atoms with Crippen LogP contribution in [-0.4, -0.2) is 32.3 Å². The van der Waals surface area contributed by atoms with Crippen LogP contribution in [0.2, 0.25) is 5.02 Å². The minimum absolute atomic E-state index is 0.294. The maximum atomic E-state index is 12.1. The highest BCUT2D eigenvalue weighted by Crippen LogP contribution is 2.41. The fraction of sp³-hybridized carbons (Fsp3) is 0.263. The van der Waals surface area contributed by atoms with Gasteiger partial charge in [0.25, 0.3) is 0 Å². The third-order valence-corrected chi connectivity index (χ3v) is 4.69. The average molecular weight is 383 g/mol. The van der Waals surface area contributed by atoms with Crippen molar-refractivity contribution in [3.8, 4) is 11.4 Å². The predicted molar refractivity (Wildman–Crippen MR) is 104 cm³/mol. The molecule has 138 valence electrons. The molecule has 0 atom stereocenters. The van der Waals surface area contributed by atoms with Crippen molar-refractivity contribution in [2.75, 3.05) is 11.9 Å². The van der Waals surface area contributed by atoms with Crippen molar-refractivity contribution in [1.82, 2.24) is 25.1 Å². The summed E-state index contributed by atoms with van der Waals surface area (Å²) in [5.41, 5.74) is 3.33. The van der Waals surface area contributed by atoms with Gasteiger partial charge in [-0.3, -0.25) is 14.6 Å². The number of aromatic nitrogens is 4. The third kappa shape index (κ3) is 4.25. The van der Waals surface area contributed by atoms with E-state index in [0.717, 1.165) is 11.4 Å². The molecular formula is C19H19ClN6O. The van der Waals surface area contributed by atoms with Crippen molar-refractivity contribution in [3.63, 3.8) is 0 Å². The molecule has 0 unspecified atom stereocenters. The van der Waals surface area contributed by atoms with E-state index in [0.29, 0.717) is 29.7 Å². The van der Waals surface area contributed by atoms with Crippen LogP contribution in [-0.2, 0) is 6.54 Å². The highest BCUT2D eigenvalue weighted by Gasteiger charge is 2.28. The second-order valence-corrected chi connectivity index (χ2v) is 6.81. The van der Waals surface area contributed by atoms with Gasteiger partial charge in [-0.05, 0) is 31.0 Å². The van der Waals surface area contributed by atoms with Crippen LogP contribution in [0.15, 0.2) is 48.9 Å². The Morgan fingerprint density at radius 1 is 1.22 bits per heavy atom. The molecule has 1 aliphatic carbocycles. The molecule has 0 spiro atoms. The van der Waals surface area contributed by atoms with Gasteiger partial charge in [0.05, 0.1) is 23.5 Å². The van der Waals surface area contributed by atoms with Crippen molar-refractivity contribution in [1.29, 1.82) is 0 Å². The standard InChI is InChI=1S/C19H19ClN6O/c20-14-3-1-2-4-15(14)24-19(27)23-9-10-26-18(13-5-6-13)11-16(25-26)17-12-21-7-8-22-17/h1-4,7-8,11-13H,5-6,9-10H2,(H2,23,24,27). The molecule has 0 radical (unpaired) electrons. The van der Waals surface area contributed by atoms with Crippen LogP contribution in [0.4, 0.5) is 10.5 Å². The Kier molecular flexibility index (Phi) is 5.02. The number of rotatable bonds is 6. The number of carbonyl (C=O) groups is 1. The third-order valence-electron chi connectivity index (χ3n) is 4.36. The summed E-state index contributed by atoms with van der Waals surface area (Å²) in [6.45, 7) is 1.04. The number of urea groups is 1. The Labute approximate surface area is 161 Å². The maximum Gasteiger partial charge on any atom is 0.319 e. The fourth-order valence-corrected chi connectivity index (χ4v) is 3.06. The second kappa shape index (κ2) is 7.75. The number of hydrogen-bond donors (Lipinski definition) is 2. The minimum Gasteiger partial charge on any atom is -0.336 e. The molecule has 2 aromatic heterocycles. The van der Waals surface area contributed by atoms with E-state index in [9.17, 15) is 4.79 Å². The number of amides is 2. The average Bonchev–Trinajstić information content (AvgIpc) is 3.44. The lowest BCUT2D eigenvalue weighted by atomic mass is 10.2. The van der Waals surface area contributed by atoms with Gasteiger partial charge in [-0.1, -0.05) is 23.7 Å². The van der Waals surface area contributed by atoms with Crippen LogP contribution < -0.4 is 10.6 Å². The molecule has 3 aromatic rings. The summed E-state index contributed by atoms with van der Waals surface area (Å²) in [4.78, 5) is 20.5. The Bertz CT molecular complexity index is 938. The van der Waals surface area contributed by atoms with Crippen LogP contribution in [0.1, 0.15) is 24.5 Å². The molecular weight excluding hydrogens is 364 g/mol. The van der Waals surface area contributed by atoms with Gasteiger partial charge >= 0.3 is 6.03 Å². The maximum absolute atomic E-state index is 12.1. The summed E-state index contributed by atoms with van der Waals surface area (Å²) in [5.74, 6) is 0.542. The van der Waals surface area contributed by atoms with Gasteiger partial charge in [0, 0.05) is 30.6 Å².